The van der Waals surface area contributed by atoms with Gasteiger partial charge in [-0.1, -0.05) is 150 Å². The molecule has 3 aliphatic heterocycles. The van der Waals surface area contributed by atoms with Gasteiger partial charge in [-0.3, -0.25) is 4.79 Å². The van der Waals surface area contributed by atoms with E-state index in [2.05, 4.69) is 92.1 Å². The number of ether oxygens (including phenoxy) is 6. The van der Waals surface area contributed by atoms with Crippen LogP contribution in [-0.2, 0) is 33.2 Å². The SMILES string of the molecule is CC/C=C\C/C=C\C/C=C\C/C=C\CCCCCCCCCCC(=O)NC(COC1OC(CO)C(OC2OC(CO)C(OC3OC(CO)C(O)C(O)C3O)C(O)C2O)C(O)C1O)C(O)/C=C/CC/C=C/CC/C=C/CCCC. The number of hydrogen-bond donors (Lipinski definition) is 12. The molecular weight excluding hydrogens is 1010 g/mol. The molecule has 0 bridgehead atoms. The molecule has 78 heavy (non-hydrogen) atoms. The Balaban J connectivity index is 1.51. The largest absolute Gasteiger partial charge is 0.394 e. The Bertz CT molecular complexity index is 1750. The van der Waals surface area contributed by atoms with Gasteiger partial charge in [-0.2, -0.15) is 0 Å². The summed E-state index contributed by atoms with van der Waals surface area (Å²) in [5, 5.41) is 120. The quantitative estimate of drug-likeness (QED) is 0.0299. The molecule has 1 amide bonds. The molecule has 0 aromatic rings. The number of nitrogens with one attached hydrogen (secondary N) is 1. The van der Waals surface area contributed by atoms with Crippen LogP contribution < -0.4 is 5.32 Å². The molecule has 0 radical (unpaired) electrons. The van der Waals surface area contributed by atoms with Crippen LogP contribution in [0.5, 0.6) is 0 Å². The van der Waals surface area contributed by atoms with E-state index >= 15 is 0 Å². The van der Waals surface area contributed by atoms with Gasteiger partial charge in [0, 0.05) is 6.42 Å². The van der Waals surface area contributed by atoms with E-state index in [1.165, 1.54) is 25.7 Å². The monoisotopic (exact) mass is 1110 g/mol. The van der Waals surface area contributed by atoms with Gasteiger partial charge in [-0.25, -0.2) is 0 Å². The first-order chi connectivity index (χ1) is 37.8. The van der Waals surface area contributed by atoms with Gasteiger partial charge in [0.1, 0.15) is 73.2 Å². The third kappa shape index (κ3) is 25.8. The van der Waals surface area contributed by atoms with Gasteiger partial charge in [0.15, 0.2) is 18.9 Å². The Kier molecular flexibility index (Phi) is 37.2. The molecule has 0 aliphatic carbocycles. The second-order valence-corrected chi connectivity index (χ2v) is 20.3. The molecule has 3 heterocycles. The van der Waals surface area contributed by atoms with Crippen LogP contribution in [0.4, 0.5) is 0 Å². The molecule has 0 saturated carbocycles. The van der Waals surface area contributed by atoms with Crippen LogP contribution in [0.2, 0.25) is 0 Å². The van der Waals surface area contributed by atoms with Crippen molar-refractivity contribution in [2.24, 2.45) is 0 Å². The van der Waals surface area contributed by atoms with Crippen LogP contribution in [0.15, 0.2) is 85.1 Å². The highest BCUT2D eigenvalue weighted by atomic mass is 16.8. The van der Waals surface area contributed by atoms with Gasteiger partial charge in [-0.05, 0) is 77.0 Å². The molecule has 19 heteroatoms. The molecule has 12 N–H and O–H groups in total. The maximum absolute atomic E-state index is 13.3. The van der Waals surface area contributed by atoms with Crippen molar-refractivity contribution in [1.82, 2.24) is 5.32 Å². The van der Waals surface area contributed by atoms with Crippen molar-refractivity contribution in [3.8, 4) is 0 Å². The van der Waals surface area contributed by atoms with Crippen LogP contribution >= 0.6 is 0 Å². The number of carbonyl (C=O) groups is 1. The Labute approximate surface area is 463 Å². The van der Waals surface area contributed by atoms with Gasteiger partial charge in [-0.15, -0.1) is 0 Å². The van der Waals surface area contributed by atoms with E-state index in [0.29, 0.717) is 12.8 Å². The first kappa shape index (κ1) is 69.2. The summed E-state index contributed by atoms with van der Waals surface area (Å²) in [5.74, 6) is -0.305. The zero-order valence-corrected chi connectivity index (χ0v) is 46.4. The topological polar surface area (TPSA) is 307 Å². The zero-order valence-electron chi connectivity index (χ0n) is 46.4. The van der Waals surface area contributed by atoms with Gasteiger partial charge in [0.05, 0.1) is 38.6 Å². The fourth-order valence-electron chi connectivity index (χ4n) is 9.14. The summed E-state index contributed by atoms with van der Waals surface area (Å²) in [6.45, 7) is 1.48. The van der Waals surface area contributed by atoms with Crippen LogP contribution in [0.1, 0.15) is 149 Å². The average molecular weight is 1110 g/mol. The molecule has 3 aliphatic rings. The van der Waals surface area contributed by atoms with Crippen molar-refractivity contribution in [1.29, 1.82) is 0 Å². The minimum absolute atomic E-state index is 0.217. The maximum atomic E-state index is 13.3. The number of aliphatic hydroxyl groups is 11. The predicted molar refractivity (Wildman–Crippen MR) is 295 cm³/mol. The summed E-state index contributed by atoms with van der Waals surface area (Å²) in [6, 6.07) is -1.00. The van der Waals surface area contributed by atoms with E-state index in [-0.39, 0.29) is 18.9 Å². The number of amides is 1. The van der Waals surface area contributed by atoms with E-state index in [0.717, 1.165) is 89.9 Å². The van der Waals surface area contributed by atoms with Crippen molar-refractivity contribution in [3.05, 3.63) is 85.1 Å². The first-order valence-corrected chi connectivity index (χ1v) is 28.8. The van der Waals surface area contributed by atoms with Crippen molar-refractivity contribution in [2.45, 2.75) is 253 Å². The fourth-order valence-corrected chi connectivity index (χ4v) is 9.14. The second-order valence-electron chi connectivity index (χ2n) is 20.3. The molecular formula is C59H99NO18. The van der Waals surface area contributed by atoms with Crippen molar-refractivity contribution in [2.75, 3.05) is 26.4 Å². The van der Waals surface area contributed by atoms with Crippen molar-refractivity contribution in [3.63, 3.8) is 0 Å². The van der Waals surface area contributed by atoms with E-state index in [9.17, 15) is 61.0 Å². The third-order valence-corrected chi connectivity index (χ3v) is 13.9. The standard InChI is InChI=1S/C59H99NO18/c1-3-5-7-9-11-13-15-17-18-19-20-21-22-23-24-25-27-29-31-33-35-37-47(65)60-42(43(64)36-34-32-30-28-26-16-14-12-10-8-6-4-2)41-73-57-53(71)50(68)55(45(39-62)75-57)78-59-54(72)51(69)56(46(40-63)76-59)77-58-52(70)49(67)48(66)44(38-61)74-58/h5,7,10-13,17-18,20-21,26,28,34,36,42-46,48-59,61-64,66-72H,3-4,6,8-9,14-16,19,22-25,27,29-33,35,37-41H2,1-2H3,(H,60,65)/b7-5-,12-10+,13-11-,18-17-,21-20-,28-26+,36-34+. The molecule has 0 spiro atoms. The minimum Gasteiger partial charge on any atom is -0.394 e. The molecule has 17 unspecified atom stereocenters. The maximum Gasteiger partial charge on any atom is 0.220 e. The normalized spacial score (nSPS) is 31.1. The number of carbonyl (C=O) groups excluding carboxylic acids is 1. The molecule has 3 rings (SSSR count). The van der Waals surface area contributed by atoms with Crippen molar-refractivity contribution >= 4 is 5.91 Å². The second kappa shape index (κ2) is 41.9. The summed E-state index contributed by atoms with van der Waals surface area (Å²) >= 11 is 0. The van der Waals surface area contributed by atoms with Gasteiger partial charge in [0.2, 0.25) is 5.91 Å². The van der Waals surface area contributed by atoms with E-state index in [4.69, 9.17) is 28.4 Å². The molecule has 0 aromatic heterocycles. The van der Waals surface area contributed by atoms with Crippen LogP contribution in [0.3, 0.4) is 0 Å². The third-order valence-electron chi connectivity index (χ3n) is 13.9. The Hall–Kier alpha value is -3.03. The first-order valence-electron chi connectivity index (χ1n) is 28.8. The molecule has 3 saturated heterocycles. The summed E-state index contributed by atoms with van der Waals surface area (Å²) in [5.41, 5.74) is 0. The highest BCUT2D eigenvalue weighted by Gasteiger charge is 2.53. The smallest absolute Gasteiger partial charge is 0.220 e. The summed E-state index contributed by atoms with van der Waals surface area (Å²) in [6.07, 6.45) is 22.9. The number of allylic oxidation sites excluding steroid dienone is 13. The molecule has 448 valence electrons. The highest BCUT2D eigenvalue weighted by Crippen LogP contribution is 2.33. The van der Waals surface area contributed by atoms with Gasteiger partial charge in [0.25, 0.3) is 0 Å². The number of aliphatic hydroxyl groups excluding tert-OH is 11. The lowest BCUT2D eigenvalue weighted by Crippen LogP contribution is -2.66. The predicted octanol–water partition coefficient (Wildman–Crippen LogP) is 4.42. The lowest BCUT2D eigenvalue weighted by Gasteiger charge is -2.48. The van der Waals surface area contributed by atoms with E-state index in [1.54, 1.807) is 6.08 Å². The van der Waals surface area contributed by atoms with Gasteiger partial charge < -0.3 is 89.9 Å². The molecule has 17 atom stereocenters. The van der Waals surface area contributed by atoms with Crippen LogP contribution in [-0.4, -0.2) is 193 Å². The summed E-state index contributed by atoms with van der Waals surface area (Å²) in [4.78, 5) is 13.3. The van der Waals surface area contributed by atoms with Crippen molar-refractivity contribution < 1.29 is 89.4 Å². The number of hydrogen-bond acceptors (Lipinski definition) is 18. The van der Waals surface area contributed by atoms with Gasteiger partial charge >= 0.3 is 0 Å². The molecule has 0 aromatic carbocycles. The lowest BCUT2D eigenvalue weighted by molar-refractivity contribution is -0.379. The molecule has 3 fully saturated rings. The Morgan fingerprint density at radius 2 is 0.897 bits per heavy atom. The van der Waals surface area contributed by atoms with E-state index < -0.39 is 124 Å². The Morgan fingerprint density at radius 3 is 1.44 bits per heavy atom. The van der Waals surface area contributed by atoms with E-state index in [1.807, 2.05) is 6.08 Å². The average Bonchev–Trinajstić information content (AvgIpc) is 3.46. The summed E-state index contributed by atoms with van der Waals surface area (Å²) in [7, 11) is 0. The van der Waals surface area contributed by atoms with Crippen LogP contribution in [0.25, 0.3) is 0 Å². The van der Waals surface area contributed by atoms with Crippen LogP contribution in [0, 0.1) is 0 Å². The molecule has 19 nitrogen and oxygen atoms in total. The lowest BCUT2D eigenvalue weighted by atomic mass is 9.96. The minimum atomic E-state index is -1.99. The number of rotatable bonds is 40. The zero-order chi connectivity index (χ0) is 56.9. The number of unbranched alkanes of at least 4 members (excludes halogenated alkanes) is 12. The Morgan fingerprint density at radius 1 is 0.474 bits per heavy atom. The fraction of sp³-hybridized carbons (Fsp3) is 0.746. The summed E-state index contributed by atoms with van der Waals surface area (Å²) < 4.78 is 34.1. The highest BCUT2D eigenvalue weighted by molar-refractivity contribution is 5.76.